The fraction of sp³-hybridized carbons (Fsp3) is 0.844. The Balaban J connectivity index is 0.00000336. The van der Waals surface area contributed by atoms with Gasteiger partial charge in [0, 0.05) is 18.3 Å². The summed E-state index contributed by atoms with van der Waals surface area (Å²) >= 11 is 0. The molecule has 0 aromatic heterocycles. The van der Waals surface area contributed by atoms with E-state index in [1.807, 2.05) is 6.08 Å². The summed E-state index contributed by atoms with van der Waals surface area (Å²) in [7, 11) is 0. The molecule has 11 atom stereocenters. The number of allylic oxidation sites excluding steroid dienone is 2. The van der Waals surface area contributed by atoms with Gasteiger partial charge in [-0.05, 0) is 103 Å². The monoisotopic (exact) mass is 534 g/mol. The summed E-state index contributed by atoms with van der Waals surface area (Å²) in [5.41, 5.74) is -0.488. The molecule has 0 aromatic rings. The Morgan fingerprint density at radius 1 is 0.947 bits per heavy atom. The maximum Gasteiger partial charge on any atom is 1.00 e. The summed E-state index contributed by atoms with van der Waals surface area (Å²) in [5.74, 6) is -0.338. The van der Waals surface area contributed by atoms with Gasteiger partial charge in [-0.1, -0.05) is 54.0 Å². The SMILES string of the molecule is CC(=O)O[C@@H]1CC[C@@]2(C)C(CC[C@]3(C)C2C(=O)C=C2C4[C@@H](C)[C@H](C)CC[C@]4(C)CC[C@]23C)[C@@]1(C)C(=O)[O-].[Na+]. The quantitative estimate of drug-likeness (QED) is 0.402. The van der Waals surface area contributed by atoms with Crippen molar-refractivity contribution in [3.63, 3.8) is 0 Å². The van der Waals surface area contributed by atoms with E-state index in [4.69, 9.17) is 4.74 Å². The maximum absolute atomic E-state index is 14.4. The van der Waals surface area contributed by atoms with Crippen molar-refractivity contribution in [3.8, 4) is 0 Å². The number of carbonyl (C=O) groups excluding carboxylic acids is 3. The van der Waals surface area contributed by atoms with E-state index < -0.39 is 28.9 Å². The van der Waals surface area contributed by atoms with Crippen LogP contribution >= 0.6 is 0 Å². The van der Waals surface area contributed by atoms with Crippen LogP contribution in [0.15, 0.2) is 11.6 Å². The first kappa shape index (κ1) is 30.3. The molecule has 38 heavy (non-hydrogen) atoms. The number of hydrogen-bond acceptors (Lipinski definition) is 5. The number of hydrogen-bond donors (Lipinski definition) is 0. The minimum absolute atomic E-state index is 0. The van der Waals surface area contributed by atoms with Crippen molar-refractivity contribution in [1.82, 2.24) is 0 Å². The molecular formula is C32H47NaO5. The zero-order valence-electron chi connectivity index (χ0n) is 25.2. The number of ketones is 1. The first-order chi connectivity index (χ1) is 17.1. The number of fused-ring (bicyclic) bond motifs is 7. The van der Waals surface area contributed by atoms with E-state index in [0.29, 0.717) is 37.0 Å². The molecule has 0 aliphatic heterocycles. The molecule has 6 heteroatoms. The third-order valence-corrected chi connectivity index (χ3v) is 13.5. The third-order valence-electron chi connectivity index (χ3n) is 13.5. The first-order valence-electron chi connectivity index (χ1n) is 14.7. The van der Waals surface area contributed by atoms with E-state index >= 15 is 0 Å². The number of carboxylic acid groups (broad SMARTS) is 1. The fourth-order valence-corrected chi connectivity index (χ4v) is 11.0. The van der Waals surface area contributed by atoms with Gasteiger partial charge in [-0.2, -0.15) is 0 Å². The summed E-state index contributed by atoms with van der Waals surface area (Å²) < 4.78 is 5.59. The van der Waals surface area contributed by atoms with Gasteiger partial charge in [-0.15, -0.1) is 0 Å². The van der Waals surface area contributed by atoms with Crippen LogP contribution in [0.1, 0.15) is 107 Å². The molecule has 0 bridgehead atoms. The molecule has 206 valence electrons. The van der Waals surface area contributed by atoms with Crippen LogP contribution in [0.25, 0.3) is 0 Å². The largest absolute Gasteiger partial charge is 1.00 e. The van der Waals surface area contributed by atoms with Crippen molar-refractivity contribution in [3.05, 3.63) is 11.6 Å². The van der Waals surface area contributed by atoms with Gasteiger partial charge in [-0.25, -0.2) is 0 Å². The molecule has 0 saturated heterocycles. The summed E-state index contributed by atoms with van der Waals surface area (Å²) in [6.45, 7) is 17.2. The molecule has 4 fully saturated rings. The number of carbonyl (C=O) groups is 3. The molecule has 0 amide bonds. The van der Waals surface area contributed by atoms with E-state index in [1.165, 1.54) is 31.8 Å². The van der Waals surface area contributed by atoms with Gasteiger partial charge >= 0.3 is 35.5 Å². The van der Waals surface area contributed by atoms with E-state index in [2.05, 4.69) is 41.5 Å². The van der Waals surface area contributed by atoms with E-state index in [-0.39, 0.29) is 63.4 Å². The Labute approximate surface area is 251 Å². The summed E-state index contributed by atoms with van der Waals surface area (Å²) in [5, 5.41) is 12.7. The molecule has 5 nitrogen and oxygen atoms in total. The van der Waals surface area contributed by atoms with Crippen LogP contribution in [0.4, 0.5) is 0 Å². The maximum atomic E-state index is 14.4. The molecule has 0 spiro atoms. The second-order valence-electron chi connectivity index (χ2n) is 15.0. The van der Waals surface area contributed by atoms with Gasteiger partial charge in [0.25, 0.3) is 0 Å². The van der Waals surface area contributed by atoms with Crippen LogP contribution in [0, 0.1) is 56.7 Å². The predicted molar refractivity (Wildman–Crippen MR) is 140 cm³/mol. The van der Waals surface area contributed by atoms with E-state index in [1.54, 1.807) is 6.92 Å². The van der Waals surface area contributed by atoms with Crippen molar-refractivity contribution in [2.24, 2.45) is 56.7 Å². The Kier molecular flexibility index (Phi) is 7.53. The number of esters is 1. The molecule has 5 aliphatic rings. The number of rotatable bonds is 2. The summed E-state index contributed by atoms with van der Waals surface area (Å²) in [4.78, 5) is 39.0. The normalized spacial score (nSPS) is 51.7. The van der Waals surface area contributed by atoms with Crippen LogP contribution in [0.3, 0.4) is 0 Å². The second-order valence-corrected chi connectivity index (χ2v) is 15.0. The second kappa shape index (κ2) is 9.44. The topological polar surface area (TPSA) is 83.5 Å². The van der Waals surface area contributed by atoms with Crippen LogP contribution in [0.2, 0.25) is 0 Å². The Bertz CT molecular complexity index is 1070. The van der Waals surface area contributed by atoms with Crippen molar-refractivity contribution in [1.29, 1.82) is 0 Å². The molecule has 0 heterocycles. The Morgan fingerprint density at radius 3 is 2.21 bits per heavy atom. The van der Waals surface area contributed by atoms with E-state index in [0.717, 1.165) is 12.8 Å². The van der Waals surface area contributed by atoms with Crippen molar-refractivity contribution < 1.29 is 53.8 Å². The Hall–Kier alpha value is -0.650. The number of carboxylic acids is 1. The van der Waals surface area contributed by atoms with Gasteiger partial charge in [0.1, 0.15) is 6.10 Å². The zero-order chi connectivity index (χ0) is 27.3. The van der Waals surface area contributed by atoms with Gasteiger partial charge < -0.3 is 14.6 Å². The van der Waals surface area contributed by atoms with Crippen molar-refractivity contribution in [2.45, 2.75) is 113 Å². The molecule has 0 N–H and O–H groups in total. The molecule has 0 radical (unpaired) electrons. The van der Waals surface area contributed by atoms with Crippen molar-refractivity contribution >= 4 is 17.7 Å². The smallest absolute Gasteiger partial charge is 0.549 e. The number of ether oxygens (including phenoxy) is 1. The Morgan fingerprint density at radius 2 is 1.61 bits per heavy atom. The standard InChI is InChI=1S/C32H48O5.Na/c1-18-9-12-28(4)15-16-30(6)21(25(28)19(18)2)17-22(34)26-29(5)13-11-24(37-20(3)33)32(8,27(35)36)23(29)10-14-31(26,30)7;/h17-19,23-26H,9-16H2,1-8H3,(H,35,36);/q;+1/p-1/t18-,19+,23?,24-,25?,26?,28-,29+,30-,31-,32-;/m1./s1. The molecule has 3 unspecified atom stereocenters. The minimum Gasteiger partial charge on any atom is -0.549 e. The molecule has 5 aliphatic carbocycles. The first-order valence-corrected chi connectivity index (χ1v) is 14.7. The zero-order valence-corrected chi connectivity index (χ0v) is 27.2. The molecule has 0 aromatic carbocycles. The molecule has 5 rings (SSSR count). The van der Waals surface area contributed by atoms with Crippen LogP contribution < -0.4 is 34.7 Å². The third kappa shape index (κ3) is 3.76. The van der Waals surface area contributed by atoms with E-state index in [9.17, 15) is 19.5 Å². The van der Waals surface area contributed by atoms with Gasteiger partial charge in [0.2, 0.25) is 0 Å². The average Bonchev–Trinajstić information content (AvgIpc) is 2.79. The summed E-state index contributed by atoms with van der Waals surface area (Å²) in [6, 6.07) is 0. The van der Waals surface area contributed by atoms with Crippen molar-refractivity contribution in [2.75, 3.05) is 0 Å². The molecule has 4 saturated carbocycles. The predicted octanol–water partition coefficient (Wildman–Crippen LogP) is 2.51. The van der Waals surface area contributed by atoms with Crippen LogP contribution in [0.5, 0.6) is 0 Å². The van der Waals surface area contributed by atoms with Gasteiger partial charge in [0.15, 0.2) is 5.78 Å². The fourth-order valence-electron chi connectivity index (χ4n) is 11.0. The average molecular weight is 535 g/mol. The van der Waals surface area contributed by atoms with Gasteiger partial charge in [-0.3, -0.25) is 9.59 Å². The minimum atomic E-state index is -1.32. The molecular weight excluding hydrogens is 487 g/mol. The van der Waals surface area contributed by atoms with Crippen LogP contribution in [-0.2, 0) is 19.1 Å². The summed E-state index contributed by atoms with van der Waals surface area (Å²) in [6.07, 6.45) is 8.72. The number of aliphatic carboxylic acids is 1. The van der Waals surface area contributed by atoms with Gasteiger partial charge in [0.05, 0.1) is 5.97 Å². The van der Waals surface area contributed by atoms with Crippen LogP contribution in [-0.4, -0.2) is 23.8 Å².